The lowest BCUT2D eigenvalue weighted by molar-refractivity contribution is -0.116. The third-order valence-corrected chi connectivity index (χ3v) is 3.97. The van der Waals surface area contributed by atoms with Crippen LogP contribution in [0, 0.1) is 0 Å². The Bertz CT molecular complexity index is 716. The minimum Gasteiger partial charge on any atom is -0.454 e. The van der Waals surface area contributed by atoms with E-state index in [4.69, 9.17) is 9.47 Å². The molecule has 5 heteroatoms. The Kier molecular flexibility index (Phi) is 5.33. The van der Waals surface area contributed by atoms with Gasteiger partial charge >= 0.3 is 0 Å². The third kappa shape index (κ3) is 4.06. The van der Waals surface area contributed by atoms with Crippen molar-refractivity contribution in [2.75, 3.05) is 18.7 Å². The van der Waals surface area contributed by atoms with Gasteiger partial charge in [0.15, 0.2) is 11.5 Å². The molecule has 1 aliphatic rings. The summed E-state index contributed by atoms with van der Waals surface area (Å²) in [7, 11) is 0. The molecule has 0 unspecified atom stereocenters. The summed E-state index contributed by atoms with van der Waals surface area (Å²) in [5, 5.41) is 6.26. The molecule has 24 heavy (non-hydrogen) atoms. The average molecular weight is 326 g/mol. The van der Waals surface area contributed by atoms with E-state index in [9.17, 15) is 4.79 Å². The highest BCUT2D eigenvalue weighted by molar-refractivity contribution is 5.91. The number of rotatable bonds is 7. The fourth-order valence-corrected chi connectivity index (χ4v) is 2.65. The number of amides is 1. The maximum absolute atomic E-state index is 12.1. The molecule has 3 rings (SSSR count). The second-order valence-electron chi connectivity index (χ2n) is 5.67. The van der Waals surface area contributed by atoms with E-state index in [-0.39, 0.29) is 12.7 Å². The molecule has 0 bridgehead atoms. The molecule has 0 saturated carbocycles. The molecule has 2 N–H and O–H groups in total. The lowest BCUT2D eigenvalue weighted by Crippen LogP contribution is -2.21. The standard InChI is InChI=1S/C19H22N2O3/c1-2-15-5-3-4-6-16(15)21-19(22)9-10-20-12-14-7-8-17-18(11-14)24-13-23-17/h3-8,11,20H,2,9-10,12-13H2,1H3,(H,21,22). The van der Waals surface area contributed by atoms with Crippen molar-refractivity contribution in [3.05, 3.63) is 53.6 Å². The van der Waals surface area contributed by atoms with Gasteiger partial charge in [0, 0.05) is 25.2 Å². The number of benzene rings is 2. The van der Waals surface area contributed by atoms with Crippen molar-refractivity contribution < 1.29 is 14.3 Å². The van der Waals surface area contributed by atoms with E-state index in [0.717, 1.165) is 34.7 Å². The first-order valence-electron chi connectivity index (χ1n) is 8.23. The molecule has 0 saturated heterocycles. The molecule has 1 heterocycles. The first-order valence-corrected chi connectivity index (χ1v) is 8.23. The zero-order chi connectivity index (χ0) is 16.8. The van der Waals surface area contributed by atoms with Gasteiger partial charge in [-0.25, -0.2) is 0 Å². The van der Waals surface area contributed by atoms with Gasteiger partial charge in [0.2, 0.25) is 12.7 Å². The molecule has 0 atom stereocenters. The van der Waals surface area contributed by atoms with Gasteiger partial charge in [-0.2, -0.15) is 0 Å². The normalized spacial score (nSPS) is 12.2. The summed E-state index contributed by atoms with van der Waals surface area (Å²) >= 11 is 0. The van der Waals surface area contributed by atoms with E-state index >= 15 is 0 Å². The minimum atomic E-state index is 0.0223. The highest BCUT2D eigenvalue weighted by atomic mass is 16.7. The van der Waals surface area contributed by atoms with Gasteiger partial charge in [0.25, 0.3) is 0 Å². The molecule has 0 fully saturated rings. The number of carbonyl (C=O) groups excluding carboxylic acids is 1. The van der Waals surface area contributed by atoms with E-state index in [1.54, 1.807) is 0 Å². The van der Waals surface area contributed by atoms with Gasteiger partial charge in [-0.05, 0) is 35.7 Å². The minimum absolute atomic E-state index is 0.0223. The smallest absolute Gasteiger partial charge is 0.231 e. The van der Waals surface area contributed by atoms with Crippen LogP contribution in [-0.4, -0.2) is 19.2 Å². The van der Waals surface area contributed by atoms with Crippen LogP contribution in [0.1, 0.15) is 24.5 Å². The molecule has 2 aromatic carbocycles. The van der Waals surface area contributed by atoms with Gasteiger partial charge in [-0.3, -0.25) is 4.79 Å². The van der Waals surface area contributed by atoms with Gasteiger partial charge in [-0.15, -0.1) is 0 Å². The molecule has 0 aliphatic carbocycles. The second kappa shape index (κ2) is 7.84. The van der Waals surface area contributed by atoms with Gasteiger partial charge in [-0.1, -0.05) is 31.2 Å². The number of anilines is 1. The molecule has 2 aromatic rings. The number of para-hydroxylation sites is 1. The van der Waals surface area contributed by atoms with Crippen LogP contribution in [0.5, 0.6) is 11.5 Å². The molecule has 0 radical (unpaired) electrons. The van der Waals surface area contributed by atoms with Gasteiger partial charge in [0.05, 0.1) is 0 Å². The number of carbonyl (C=O) groups is 1. The van der Waals surface area contributed by atoms with E-state index in [0.29, 0.717) is 19.5 Å². The Balaban J connectivity index is 1.42. The SMILES string of the molecule is CCc1ccccc1NC(=O)CCNCc1ccc2c(c1)OCO2. The van der Waals surface area contributed by atoms with E-state index in [2.05, 4.69) is 17.6 Å². The fraction of sp³-hybridized carbons (Fsp3) is 0.316. The zero-order valence-corrected chi connectivity index (χ0v) is 13.8. The first kappa shape index (κ1) is 16.3. The predicted octanol–water partition coefficient (Wildman–Crippen LogP) is 3.10. The van der Waals surface area contributed by atoms with E-state index in [1.807, 2.05) is 42.5 Å². The van der Waals surface area contributed by atoms with Crippen LogP contribution in [0.25, 0.3) is 0 Å². The van der Waals surface area contributed by atoms with Crippen molar-refractivity contribution in [3.63, 3.8) is 0 Å². The molecular weight excluding hydrogens is 304 g/mol. The van der Waals surface area contributed by atoms with Crippen molar-refractivity contribution in [3.8, 4) is 11.5 Å². The summed E-state index contributed by atoms with van der Waals surface area (Å²) in [5.41, 5.74) is 3.16. The van der Waals surface area contributed by atoms with E-state index in [1.165, 1.54) is 0 Å². The van der Waals surface area contributed by atoms with Crippen LogP contribution in [0.2, 0.25) is 0 Å². The quantitative estimate of drug-likeness (QED) is 0.768. The summed E-state index contributed by atoms with van der Waals surface area (Å²) in [6.07, 6.45) is 1.33. The van der Waals surface area contributed by atoms with Crippen LogP contribution in [0.4, 0.5) is 5.69 Å². The number of hydrogen-bond donors (Lipinski definition) is 2. The molecule has 1 amide bonds. The lowest BCUT2D eigenvalue weighted by atomic mass is 10.1. The maximum Gasteiger partial charge on any atom is 0.231 e. The van der Waals surface area contributed by atoms with Crippen molar-refractivity contribution in [2.45, 2.75) is 26.3 Å². The Morgan fingerprint density at radius 2 is 1.96 bits per heavy atom. The Morgan fingerprint density at radius 3 is 2.83 bits per heavy atom. The summed E-state index contributed by atoms with van der Waals surface area (Å²) in [6, 6.07) is 13.8. The Labute approximate surface area is 142 Å². The average Bonchev–Trinajstić information content (AvgIpc) is 3.07. The zero-order valence-electron chi connectivity index (χ0n) is 13.8. The Hall–Kier alpha value is -2.53. The summed E-state index contributed by atoms with van der Waals surface area (Å²) in [4.78, 5) is 12.1. The highest BCUT2D eigenvalue weighted by Gasteiger charge is 2.13. The summed E-state index contributed by atoms with van der Waals surface area (Å²) in [6.45, 7) is 3.67. The van der Waals surface area contributed by atoms with Crippen molar-refractivity contribution in [1.82, 2.24) is 5.32 Å². The molecular formula is C19H22N2O3. The van der Waals surface area contributed by atoms with Crippen molar-refractivity contribution >= 4 is 11.6 Å². The lowest BCUT2D eigenvalue weighted by Gasteiger charge is -2.10. The summed E-state index contributed by atoms with van der Waals surface area (Å²) in [5.74, 6) is 1.59. The van der Waals surface area contributed by atoms with Crippen LogP contribution in [0.15, 0.2) is 42.5 Å². The third-order valence-electron chi connectivity index (χ3n) is 3.97. The van der Waals surface area contributed by atoms with Crippen LogP contribution < -0.4 is 20.1 Å². The number of ether oxygens (including phenoxy) is 2. The monoisotopic (exact) mass is 326 g/mol. The highest BCUT2D eigenvalue weighted by Crippen LogP contribution is 2.32. The van der Waals surface area contributed by atoms with Crippen LogP contribution in [-0.2, 0) is 17.8 Å². The Morgan fingerprint density at radius 1 is 1.12 bits per heavy atom. The summed E-state index contributed by atoms with van der Waals surface area (Å²) < 4.78 is 10.6. The maximum atomic E-state index is 12.1. The molecule has 5 nitrogen and oxygen atoms in total. The molecule has 0 spiro atoms. The number of aryl methyl sites for hydroxylation is 1. The topological polar surface area (TPSA) is 59.6 Å². The van der Waals surface area contributed by atoms with Crippen molar-refractivity contribution in [2.24, 2.45) is 0 Å². The van der Waals surface area contributed by atoms with Gasteiger partial charge in [0.1, 0.15) is 0 Å². The largest absolute Gasteiger partial charge is 0.454 e. The number of fused-ring (bicyclic) bond motifs is 1. The van der Waals surface area contributed by atoms with E-state index < -0.39 is 0 Å². The van der Waals surface area contributed by atoms with Crippen molar-refractivity contribution in [1.29, 1.82) is 0 Å². The number of hydrogen-bond acceptors (Lipinski definition) is 4. The fourth-order valence-electron chi connectivity index (χ4n) is 2.65. The van der Waals surface area contributed by atoms with Crippen LogP contribution in [0.3, 0.4) is 0 Å². The molecule has 126 valence electrons. The van der Waals surface area contributed by atoms with Gasteiger partial charge < -0.3 is 20.1 Å². The molecule has 1 aliphatic heterocycles. The number of nitrogens with one attached hydrogen (secondary N) is 2. The first-order chi connectivity index (χ1) is 11.8. The van der Waals surface area contributed by atoms with Crippen LogP contribution >= 0.6 is 0 Å². The predicted molar refractivity (Wildman–Crippen MR) is 93.3 cm³/mol. The second-order valence-corrected chi connectivity index (χ2v) is 5.67. The molecule has 0 aromatic heterocycles.